The molecular weight excluding hydrogens is 280 g/mol. The number of rotatable bonds is 6. The van der Waals surface area contributed by atoms with Crippen LogP contribution in [0.1, 0.15) is 73.1 Å². The van der Waals surface area contributed by atoms with Gasteiger partial charge in [-0.1, -0.05) is 27.7 Å². The Hall–Kier alpha value is -1.62. The van der Waals surface area contributed by atoms with Crippen LogP contribution in [0.5, 0.6) is 0 Å². The van der Waals surface area contributed by atoms with Gasteiger partial charge in [0, 0.05) is 23.9 Å². The topological polar surface area (TPSA) is 82.2 Å². The summed E-state index contributed by atoms with van der Waals surface area (Å²) in [6.45, 7) is 11.3. The number of aromatic amines is 1. The number of ketones is 1. The minimum absolute atomic E-state index is 0.0191. The van der Waals surface area contributed by atoms with Gasteiger partial charge in [0.2, 0.25) is 0 Å². The number of aliphatic hydroxyl groups is 1. The van der Waals surface area contributed by atoms with Crippen molar-refractivity contribution in [1.29, 1.82) is 0 Å². The van der Waals surface area contributed by atoms with Crippen molar-refractivity contribution in [3.8, 4) is 0 Å². The summed E-state index contributed by atoms with van der Waals surface area (Å²) >= 11 is 0. The Morgan fingerprint density at radius 3 is 2.32 bits per heavy atom. The number of aromatic nitrogens is 1. The fourth-order valence-corrected chi connectivity index (χ4v) is 2.78. The number of aliphatic hydroxyl groups excluding tert-OH is 1. The van der Waals surface area contributed by atoms with Gasteiger partial charge in [0.25, 0.3) is 5.91 Å². The van der Waals surface area contributed by atoms with Crippen LogP contribution < -0.4 is 5.32 Å². The van der Waals surface area contributed by atoms with Crippen LogP contribution in [0.3, 0.4) is 0 Å². The van der Waals surface area contributed by atoms with Crippen molar-refractivity contribution >= 4 is 11.7 Å². The zero-order valence-electron chi connectivity index (χ0n) is 14.5. The SMILES string of the molecule is CCc1c(C(=O)NC(CCO)C(C)(C)C)[nH]c(C)c1C(C)=O. The van der Waals surface area contributed by atoms with Gasteiger partial charge in [-0.2, -0.15) is 0 Å². The molecule has 1 aromatic heterocycles. The van der Waals surface area contributed by atoms with Crippen LogP contribution in [-0.2, 0) is 6.42 Å². The molecule has 0 aliphatic rings. The highest BCUT2D eigenvalue weighted by Crippen LogP contribution is 2.24. The van der Waals surface area contributed by atoms with Crippen LogP contribution in [0.4, 0.5) is 0 Å². The molecule has 22 heavy (non-hydrogen) atoms. The standard InChI is InChI=1S/C17H28N2O3/c1-7-12-14(11(3)21)10(2)18-15(12)16(22)19-13(8-9-20)17(4,5)6/h13,18,20H,7-9H2,1-6H3,(H,19,22). The predicted molar refractivity (Wildman–Crippen MR) is 87.3 cm³/mol. The lowest BCUT2D eigenvalue weighted by atomic mass is 9.85. The summed E-state index contributed by atoms with van der Waals surface area (Å²) in [5, 5.41) is 12.2. The predicted octanol–water partition coefficient (Wildman–Crippen LogP) is 2.62. The lowest BCUT2D eigenvalue weighted by Gasteiger charge is -2.31. The fraction of sp³-hybridized carbons (Fsp3) is 0.647. The molecule has 1 aromatic rings. The van der Waals surface area contributed by atoms with Crippen LogP contribution in [0.25, 0.3) is 0 Å². The number of carbonyl (C=O) groups is 2. The Labute approximate surface area is 132 Å². The normalized spacial score (nSPS) is 13.0. The Bertz CT molecular complexity index is 553. The highest BCUT2D eigenvalue weighted by molar-refractivity contribution is 6.02. The summed E-state index contributed by atoms with van der Waals surface area (Å²) in [6, 6.07) is -0.140. The second kappa shape index (κ2) is 7.09. The van der Waals surface area contributed by atoms with Gasteiger partial charge in [-0.15, -0.1) is 0 Å². The van der Waals surface area contributed by atoms with Crippen molar-refractivity contribution in [2.45, 2.75) is 60.4 Å². The van der Waals surface area contributed by atoms with Crippen LogP contribution in [0.15, 0.2) is 0 Å². The molecule has 0 saturated carbocycles. The second-order valence-electron chi connectivity index (χ2n) is 6.79. The first-order chi connectivity index (χ1) is 10.1. The Balaban J connectivity index is 3.13. The molecule has 1 heterocycles. The molecule has 0 aromatic carbocycles. The highest BCUT2D eigenvalue weighted by atomic mass is 16.3. The van der Waals surface area contributed by atoms with Gasteiger partial charge in [0.15, 0.2) is 5.78 Å². The number of amides is 1. The maximum atomic E-state index is 12.6. The van der Waals surface area contributed by atoms with E-state index in [1.54, 1.807) is 0 Å². The molecule has 0 aliphatic heterocycles. The zero-order chi connectivity index (χ0) is 17.1. The van der Waals surface area contributed by atoms with E-state index in [1.807, 2.05) is 34.6 Å². The highest BCUT2D eigenvalue weighted by Gasteiger charge is 2.28. The minimum Gasteiger partial charge on any atom is -0.396 e. The number of Topliss-reactive ketones (excluding diaryl/α,β-unsaturated/α-hetero) is 1. The van der Waals surface area contributed by atoms with Crippen molar-refractivity contribution in [2.75, 3.05) is 6.61 Å². The number of aryl methyl sites for hydroxylation is 1. The van der Waals surface area contributed by atoms with Gasteiger partial charge in [-0.25, -0.2) is 0 Å². The van der Waals surface area contributed by atoms with Gasteiger partial charge >= 0.3 is 0 Å². The van der Waals surface area contributed by atoms with E-state index in [2.05, 4.69) is 10.3 Å². The molecule has 5 nitrogen and oxygen atoms in total. The van der Waals surface area contributed by atoms with Gasteiger partial charge < -0.3 is 15.4 Å². The first kappa shape index (κ1) is 18.4. The van der Waals surface area contributed by atoms with Crippen LogP contribution in [-0.4, -0.2) is 34.4 Å². The number of nitrogens with one attached hydrogen (secondary N) is 2. The smallest absolute Gasteiger partial charge is 0.268 e. The average molecular weight is 308 g/mol. The van der Waals surface area contributed by atoms with E-state index in [4.69, 9.17) is 0 Å². The second-order valence-corrected chi connectivity index (χ2v) is 6.79. The van der Waals surface area contributed by atoms with E-state index in [9.17, 15) is 14.7 Å². The molecular formula is C17H28N2O3. The quantitative estimate of drug-likeness (QED) is 0.706. The largest absolute Gasteiger partial charge is 0.396 e. The lowest BCUT2D eigenvalue weighted by molar-refractivity contribution is 0.0879. The third-order valence-corrected chi connectivity index (χ3v) is 3.99. The first-order valence-corrected chi connectivity index (χ1v) is 7.77. The van der Waals surface area contributed by atoms with Gasteiger partial charge in [0.05, 0.1) is 0 Å². The van der Waals surface area contributed by atoms with E-state index in [0.29, 0.717) is 24.1 Å². The fourth-order valence-electron chi connectivity index (χ4n) is 2.78. The van der Waals surface area contributed by atoms with Gasteiger partial charge in [0.1, 0.15) is 5.69 Å². The summed E-state index contributed by atoms with van der Waals surface area (Å²) in [7, 11) is 0. The molecule has 0 saturated heterocycles. The molecule has 0 aliphatic carbocycles. The average Bonchev–Trinajstić information content (AvgIpc) is 2.73. The molecule has 0 spiro atoms. The maximum absolute atomic E-state index is 12.6. The summed E-state index contributed by atoms with van der Waals surface area (Å²) < 4.78 is 0. The molecule has 0 fully saturated rings. The molecule has 0 bridgehead atoms. The molecule has 1 unspecified atom stereocenters. The molecule has 1 atom stereocenters. The maximum Gasteiger partial charge on any atom is 0.268 e. The monoisotopic (exact) mass is 308 g/mol. The first-order valence-electron chi connectivity index (χ1n) is 7.77. The van der Waals surface area contributed by atoms with Crippen molar-refractivity contribution < 1.29 is 14.7 Å². The van der Waals surface area contributed by atoms with Crippen LogP contribution in [0, 0.1) is 12.3 Å². The van der Waals surface area contributed by atoms with E-state index in [-0.39, 0.29) is 29.8 Å². The van der Waals surface area contributed by atoms with Gasteiger partial charge in [-0.05, 0) is 37.7 Å². The lowest BCUT2D eigenvalue weighted by Crippen LogP contribution is -2.44. The van der Waals surface area contributed by atoms with Crippen molar-refractivity contribution in [1.82, 2.24) is 10.3 Å². The molecule has 1 rings (SSSR count). The van der Waals surface area contributed by atoms with E-state index in [1.165, 1.54) is 6.92 Å². The van der Waals surface area contributed by atoms with E-state index < -0.39 is 0 Å². The third kappa shape index (κ3) is 3.97. The summed E-state index contributed by atoms with van der Waals surface area (Å²) in [5.41, 5.74) is 2.40. The minimum atomic E-state index is -0.221. The number of hydrogen-bond acceptors (Lipinski definition) is 3. The summed E-state index contributed by atoms with van der Waals surface area (Å²) in [4.78, 5) is 27.4. The molecule has 124 valence electrons. The van der Waals surface area contributed by atoms with Crippen LogP contribution >= 0.6 is 0 Å². The summed E-state index contributed by atoms with van der Waals surface area (Å²) in [6.07, 6.45) is 1.11. The van der Waals surface area contributed by atoms with Crippen molar-refractivity contribution in [3.63, 3.8) is 0 Å². The summed E-state index contributed by atoms with van der Waals surface area (Å²) in [5.74, 6) is -0.256. The Morgan fingerprint density at radius 2 is 1.91 bits per heavy atom. The Kier molecular flexibility index (Phi) is 5.94. The van der Waals surface area contributed by atoms with E-state index >= 15 is 0 Å². The zero-order valence-corrected chi connectivity index (χ0v) is 14.5. The molecule has 3 N–H and O–H groups in total. The van der Waals surface area contributed by atoms with Gasteiger partial charge in [-0.3, -0.25) is 9.59 Å². The van der Waals surface area contributed by atoms with Crippen molar-refractivity contribution in [3.05, 3.63) is 22.5 Å². The Morgan fingerprint density at radius 1 is 1.32 bits per heavy atom. The number of H-pyrrole nitrogens is 1. The third-order valence-electron chi connectivity index (χ3n) is 3.99. The van der Waals surface area contributed by atoms with Crippen LogP contribution in [0.2, 0.25) is 0 Å². The van der Waals surface area contributed by atoms with E-state index in [0.717, 1.165) is 11.3 Å². The molecule has 0 radical (unpaired) electrons. The molecule has 5 heteroatoms. The number of carbonyl (C=O) groups excluding carboxylic acids is 2. The number of hydrogen-bond donors (Lipinski definition) is 3. The molecule has 1 amide bonds. The van der Waals surface area contributed by atoms with Crippen molar-refractivity contribution in [2.24, 2.45) is 5.41 Å².